The summed E-state index contributed by atoms with van der Waals surface area (Å²) in [5.74, 6) is 0. The molecule has 1 atom stereocenters. The summed E-state index contributed by atoms with van der Waals surface area (Å²) in [6.07, 6.45) is 8.04. The quantitative estimate of drug-likeness (QED) is 0.768. The van der Waals surface area contributed by atoms with Gasteiger partial charge in [0.1, 0.15) is 0 Å². The van der Waals surface area contributed by atoms with Gasteiger partial charge < -0.3 is 10.5 Å². The molecule has 1 saturated carbocycles. The maximum Gasteiger partial charge on any atom is 0.0710 e. The molecule has 0 amide bonds. The summed E-state index contributed by atoms with van der Waals surface area (Å²) in [4.78, 5) is 2.49. The van der Waals surface area contributed by atoms with Gasteiger partial charge in [0.25, 0.3) is 0 Å². The Hall–Kier alpha value is -0.120. The number of nitrogens with zero attached hydrogens (tertiary/aromatic N) is 1. The van der Waals surface area contributed by atoms with E-state index in [1.807, 2.05) is 7.11 Å². The summed E-state index contributed by atoms with van der Waals surface area (Å²) >= 11 is 0. The minimum absolute atomic E-state index is 0.0981. The molecule has 1 heterocycles. The van der Waals surface area contributed by atoms with Crippen molar-refractivity contribution in [2.24, 2.45) is 5.73 Å². The van der Waals surface area contributed by atoms with Crippen LogP contribution in [0.4, 0.5) is 0 Å². The van der Waals surface area contributed by atoms with Gasteiger partial charge in [-0.3, -0.25) is 4.90 Å². The molecule has 1 saturated heterocycles. The van der Waals surface area contributed by atoms with E-state index < -0.39 is 0 Å². The van der Waals surface area contributed by atoms with Crippen molar-refractivity contribution in [3.8, 4) is 0 Å². The zero-order valence-electron chi connectivity index (χ0n) is 9.87. The molecule has 15 heavy (non-hydrogen) atoms. The summed E-state index contributed by atoms with van der Waals surface area (Å²) in [5, 5.41) is 0. The smallest absolute Gasteiger partial charge is 0.0710 e. The highest BCUT2D eigenvalue weighted by Crippen LogP contribution is 2.27. The van der Waals surface area contributed by atoms with Crippen molar-refractivity contribution in [2.75, 3.05) is 26.7 Å². The Morgan fingerprint density at radius 1 is 1.33 bits per heavy atom. The molecule has 0 bridgehead atoms. The number of hydrogen-bond acceptors (Lipinski definition) is 3. The number of hydrogen-bond donors (Lipinski definition) is 1. The van der Waals surface area contributed by atoms with Crippen molar-refractivity contribution >= 4 is 0 Å². The lowest BCUT2D eigenvalue weighted by atomic mass is 9.82. The topological polar surface area (TPSA) is 38.5 Å². The van der Waals surface area contributed by atoms with Gasteiger partial charge in [-0.2, -0.15) is 0 Å². The van der Waals surface area contributed by atoms with E-state index in [2.05, 4.69) is 4.90 Å². The summed E-state index contributed by atoms with van der Waals surface area (Å²) in [6.45, 7) is 3.32. The van der Waals surface area contributed by atoms with Gasteiger partial charge in [-0.1, -0.05) is 19.3 Å². The molecule has 0 spiro atoms. The highest BCUT2D eigenvalue weighted by molar-refractivity contribution is 4.92. The molecular formula is C12H24N2O. The summed E-state index contributed by atoms with van der Waals surface area (Å²) < 4.78 is 5.38. The van der Waals surface area contributed by atoms with Crippen LogP contribution in [0.5, 0.6) is 0 Å². The maximum absolute atomic E-state index is 6.44. The van der Waals surface area contributed by atoms with Crippen LogP contribution in [0.25, 0.3) is 0 Å². The van der Waals surface area contributed by atoms with Crippen LogP contribution < -0.4 is 5.73 Å². The number of ether oxygens (including phenoxy) is 1. The monoisotopic (exact) mass is 212 g/mol. The van der Waals surface area contributed by atoms with Crippen LogP contribution in [0.2, 0.25) is 0 Å². The Morgan fingerprint density at radius 3 is 2.67 bits per heavy atom. The molecule has 1 unspecified atom stereocenters. The zero-order chi connectivity index (χ0) is 10.7. The van der Waals surface area contributed by atoms with Gasteiger partial charge in [0.05, 0.1) is 6.10 Å². The van der Waals surface area contributed by atoms with Crippen molar-refractivity contribution in [1.29, 1.82) is 0 Å². The van der Waals surface area contributed by atoms with E-state index in [4.69, 9.17) is 10.5 Å². The lowest BCUT2D eigenvalue weighted by Crippen LogP contribution is -2.51. The third-order valence-corrected chi connectivity index (χ3v) is 3.95. The van der Waals surface area contributed by atoms with Crippen molar-refractivity contribution in [2.45, 2.75) is 50.2 Å². The summed E-state index contributed by atoms with van der Waals surface area (Å²) in [6, 6.07) is 0. The molecule has 0 aromatic heterocycles. The Bertz CT molecular complexity index is 202. The Labute approximate surface area is 93.0 Å². The molecule has 3 nitrogen and oxygen atoms in total. The fourth-order valence-electron chi connectivity index (χ4n) is 2.99. The van der Waals surface area contributed by atoms with Crippen LogP contribution in [0, 0.1) is 0 Å². The average molecular weight is 212 g/mol. The van der Waals surface area contributed by atoms with Crippen LogP contribution in [0.15, 0.2) is 0 Å². The van der Waals surface area contributed by atoms with E-state index in [1.54, 1.807) is 0 Å². The predicted octanol–water partition coefficient (Wildman–Crippen LogP) is 1.37. The first-order valence-corrected chi connectivity index (χ1v) is 6.26. The second-order valence-corrected chi connectivity index (χ2v) is 5.30. The first-order chi connectivity index (χ1) is 7.22. The lowest BCUT2D eigenvalue weighted by molar-refractivity contribution is 0.101. The number of methoxy groups -OCH3 is 1. The Morgan fingerprint density at radius 2 is 2.07 bits per heavy atom. The van der Waals surface area contributed by atoms with Crippen molar-refractivity contribution in [1.82, 2.24) is 4.90 Å². The van der Waals surface area contributed by atoms with Crippen LogP contribution in [-0.2, 0) is 4.74 Å². The number of rotatable bonds is 3. The van der Waals surface area contributed by atoms with Crippen LogP contribution in [-0.4, -0.2) is 43.3 Å². The van der Waals surface area contributed by atoms with E-state index in [0.717, 1.165) is 19.6 Å². The molecule has 2 aliphatic rings. The molecule has 0 radical (unpaired) electrons. The van der Waals surface area contributed by atoms with Gasteiger partial charge in [-0.25, -0.2) is 0 Å². The molecule has 0 aromatic carbocycles. The van der Waals surface area contributed by atoms with Crippen LogP contribution in [0.3, 0.4) is 0 Å². The molecule has 1 aliphatic carbocycles. The molecule has 2 N–H and O–H groups in total. The van der Waals surface area contributed by atoms with Crippen molar-refractivity contribution < 1.29 is 4.74 Å². The fourth-order valence-corrected chi connectivity index (χ4v) is 2.99. The third kappa shape index (κ3) is 2.92. The van der Waals surface area contributed by atoms with Crippen molar-refractivity contribution in [3.63, 3.8) is 0 Å². The maximum atomic E-state index is 6.44. The zero-order valence-corrected chi connectivity index (χ0v) is 9.87. The standard InChI is InChI=1S/C12H24N2O/c1-15-11-5-8-14(9-11)10-12(13)6-3-2-4-7-12/h11H,2-10,13H2,1H3. The number of likely N-dealkylation sites (tertiary alicyclic amines) is 1. The van der Waals surface area contributed by atoms with E-state index in [-0.39, 0.29) is 5.54 Å². The first-order valence-electron chi connectivity index (χ1n) is 6.26. The second-order valence-electron chi connectivity index (χ2n) is 5.30. The van der Waals surface area contributed by atoms with E-state index in [1.165, 1.54) is 38.5 Å². The fraction of sp³-hybridized carbons (Fsp3) is 1.00. The molecular weight excluding hydrogens is 188 g/mol. The average Bonchev–Trinajstić information content (AvgIpc) is 2.66. The second kappa shape index (κ2) is 4.81. The van der Waals surface area contributed by atoms with E-state index >= 15 is 0 Å². The van der Waals surface area contributed by atoms with Gasteiger partial charge >= 0.3 is 0 Å². The predicted molar refractivity (Wildman–Crippen MR) is 61.9 cm³/mol. The molecule has 1 aliphatic heterocycles. The summed E-state index contributed by atoms with van der Waals surface area (Å²) in [5.41, 5.74) is 6.54. The van der Waals surface area contributed by atoms with Crippen molar-refractivity contribution in [3.05, 3.63) is 0 Å². The normalized spacial score (nSPS) is 32.0. The Balaban J connectivity index is 1.80. The van der Waals surface area contributed by atoms with Gasteiger partial charge in [-0.15, -0.1) is 0 Å². The van der Waals surface area contributed by atoms with Gasteiger partial charge in [-0.05, 0) is 19.3 Å². The highest BCUT2D eigenvalue weighted by Gasteiger charge is 2.32. The molecule has 88 valence electrons. The molecule has 2 fully saturated rings. The lowest BCUT2D eigenvalue weighted by Gasteiger charge is -2.36. The van der Waals surface area contributed by atoms with Crippen LogP contribution in [0.1, 0.15) is 38.5 Å². The molecule has 3 heteroatoms. The minimum Gasteiger partial charge on any atom is -0.380 e. The van der Waals surface area contributed by atoms with Gasteiger partial charge in [0.2, 0.25) is 0 Å². The molecule has 0 aromatic rings. The highest BCUT2D eigenvalue weighted by atomic mass is 16.5. The first kappa shape index (κ1) is 11.4. The number of nitrogens with two attached hydrogens (primary N) is 1. The largest absolute Gasteiger partial charge is 0.380 e. The van der Waals surface area contributed by atoms with Gasteiger partial charge in [0.15, 0.2) is 0 Å². The molecule has 2 rings (SSSR count). The van der Waals surface area contributed by atoms with E-state index in [9.17, 15) is 0 Å². The summed E-state index contributed by atoms with van der Waals surface area (Å²) in [7, 11) is 1.81. The van der Waals surface area contributed by atoms with E-state index in [0.29, 0.717) is 6.10 Å². The Kier molecular flexibility index (Phi) is 3.65. The minimum atomic E-state index is 0.0981. The van der Waals surface area contributed by atoms with Crippen LogP contribution >= 0.6 is 0 Å². The SMILES string of the molecule is COC1CCN(CC2(N)CCCCC2)C1. The third-order valence-electron chi connectivity index (χ3n) is 3.95. The van der Waals surface area contributed by atoms with Gasteiger partial charge in [0, 0.05) is 32.3 Å².